The van der Waals surface area contributed by atoms with Gasteiger partial charge in [0.2, 0.25) is 0 Å². The molecule has 0 aromatic heterocycles. The van der Waals surface area contributed by atoms with Gasteiger partial charge in [-0.15, -0.1) is 11.6 Å². The summed E-state index contributed by atoms with van der Waals surface area (Å²) in [6.45, 7) is 2.42. The van der Waals surface area contributed by atoms with E-state index in [0.717, 1.165) is 6.42 Å². The van der Waals surface area contributed by atoms with Gasteiger partial charge in [0.25, 0.3) is 0 Å². The Morgan fingerprint density at radius 3 is 2.91 bits per heavy atom. The number of alkyl halides is 1. The van der Waals surface area contributed by atoms with E-state index in [2.05, 4.69) is 0 Å². The molecule has 2 unspecified atom stereocenters. The third kappa shape index (κ3) is 1.59. The fraction of sp³-hybridized carbons (Fsp3) is 0.857. The van der Waals surface area contributed by atoms with Gasteiger partial charge in [0.05, 0.1) is 11.4 Å². The number of likely N-dealkylation sites (N-methyl/N-ethyl adjacent to an activating group) is 1. The number of rotatable bonds is 2. The smallest absolute Gasteiger partial charge is 0.409 e. The number of hydrogen-bond acceptors (Lipinski definition) is 2. The molecule has 0 aromatic carbocycles. The van der Waals surface area contributed by atoms with Crippen LogP contribution in [0.25, 0.3) is 0 Å². The van der Waals surface area contributed by atoms with Gasteiger partial charge in [-0.2, -0.15) is 0 Å². The minimum Gasteiger partial charge on any atom is -0.447 e. The van der Waals surface area contributed by atoms with E-state index in [1.54, 1.807) is 11.9 Å². The van der Waals surface area contributed by atoms with E-state index in [9.17, 15) is 4.79 Å². The summed E-state index contributed by atoms with van der Waals surface area (Å²) < 4.78 is 4.80. The Morgan fingerprint density at radius 2 is 2.55 bits per heavy atom. The first-order valence-electron chi connectivity index (χ1n) is 3.70. The van der Waals surface area contributed by atoms with E-state index in [0.29, 0.717) is 6.61 Å². The molecule has 11 heavy (non-hydrogen) atoms. The minimum absolute atomic E-state index is 0.00597. The Hall–Kier alpha value is -0.440. The normalized spacial score (nSPS) is 27.0. The Morgan fingerprint density at radius 1 is 1.91 bits per heavy atom. The SMILES string of the molecule is CCC(Cl)C1COC(=O)N1C. The molecule has 1 rings (SSSR count). The Kier molecular flexibility index (Phi) is 2.60. The summed E-state index contributed by atoms with van der Waals surface area (Å²) in [7, 11) is 1.71. The molecule has 0 bridgehead atoms. The summed E-state index contributed by atoms with van der Waals surface area (Å²) in [4.78, 5) is 12.4. The number of hydrogen-bond donors (Lipinski definition) is 0. The molecule has 4 heteroatoms. The van der Waals surface area contributed by atoms with Crippen LogP contribution in [0.15, 0.2) is 0 Å². The Balaban J connectivity index is 2.54. The number of nitrogens with zero attached hydrogens (tertiary/aromatic N) is 1. The quantitative estimate of drug-likeness (QED) is 0.598. The molecule has 1 saturated heterocycles. The maximum absolute atomic E-state index is 10.8. The standard InChI is InChI=1S/C7H12ClNO2/c1-3-5(8)6-4-11-7(10)9(6)2/h5-6H,3-4H2,1-2H3. The van der Waals surface area contributed by atoms with Crippen LogP contribution in [-0.2, 0) is 4.74 Å². The number of carbonyl (C=O) groups excluding carboxylic acids is 1. The molecule has 0 N–H and O–H groups in total. The van der Waals surface area contributed by atoms with Crippen LogP contribution in [0, 0.1) is 0 Å². The lowest BCUT2D eigenvalue weighted by atomic mass is 10.2. The number of amides is 1. The highest BCUT2D eigenvalue weighted by Gasteiger charge is 2.33. The molecule has 0 spiro atoms. The zero-order valence-corrected chi connectivity index (χ0v) is 7.47. The molecule has 0 aromatic rings. The second-order valence-corrected chi connectivity index (χ2v) is 3.24. The third-order valence-corrected chi connectivity index (χ3v) is 2.57. The second-order valence-electron chi connectivity index (χ2n) is 2.68. The molecule has 1 heterocycles. The summed E-state index contributed by atoms with van der Waals surface area (Å²) in [5.74, 6) is 0. The first-order chi connectivity index (χ1) is 5.16. The van der Waals surface area contributed by atoms with E-state index in [1.807, 2.05) is 6.92 Å². The summed E-state index contributed by atoms with van der Waals surface area (Å²) in [6.07, 6.45) is 0.585. The molecular weight excluding hydrogens is 166 g/mol. The van der Waals surface area contributed by atoms with Crippen LogP contribution in [-0.4, -0.2) is 36.1 Å². The molecule has 64 valence electrons. The van der Waals surface area contributed by atoms with Crippen molar-refractivity contribution in [1.29, 1.82) is 0 Å². The molecule has 2 atom stereocenters. The van der Waals surface area contributed by atoms with Gasteiger partial charge in [0.1, 0.15) is 6.61 Å². The molecule has 0 aliphatic carbocycles. The first kappa shape index (κ1) is 8.65. The predicted octanol–water partition coefficient (Wildman–Crippen LogP) is 1.45. The minimum atomic E-state index is -0.269. The van der Waals surface area contributed by atoms with Crippen molar-refractivity contribution in [2.75, 3.05) is 13.7 Å². The van der Waals surface area contributed by atoms with Crippen molar-refractivity contribution in [2.45, 2.75) is 24.8 Å². The molecule has 1 fully saturated rings. The average Bonchev–Trinajstić information content (AvgIpc) is 2.32. The van der Waals surface area contributed by atoms with Crippen LogP contribution in [0.2, 0.25) is 0 Å². The van der Waals surface area contributed by atoms with Crippen molar-refractivity contribution in [3.8, 4) is 0 Å². The molecule has 1 amide bonds. The second kappa shape index (κ2) is 3.30. The lowest BCUT2D eigenvalue weighted by molar-refractivity contribution is 0.163. The molecular formula is C7H12ClNO2. The van der Waals surface area contributed by atoms with Crippen LogP contribution in [0.4, 0.5) is 4.79 Å². The van der Waals surface area contributed by atoms with Crippen LogP contribution in [0.5, 0.6) is 0 Å². The third-order valence-electron chi connectivity index (χ3n) is 1.97. The van der Waals surface area contributed by atoms with E-state index >= 15 is 0 Å². The van der Waals surface area contributed by atoms with Gasteiger partial charge in [-0.3, -0.25) is 0 Å². The zero-order valence-electron chi connectivity index (χ0n) is 6.71. The van der Waals surface area contributed by atoms with Crippen molar-refractivity contribution in [2.24, 2.45) is 0 Å². The highest BCUT2D eigenvalue weighted by atomic mass is 35.5. The Labute approximate surface area is 71.3 Å². The van der Waals surface area contributed by atoms with Crippen LogP contribution >= 0.6 is 11.6 Å². The maximum atomic E-state index is 10.8. The predicted molar refractivity (Wildman–Crippen MR) is 42.8 cm³/mol. The van der Waals surface area contributed by atoms with Gasteiger partial charge in [-0.25, -0.2) is 4.79 Å². The highest BCUT2D eigenvalue weighted by molar-refractivity contribution is 6.21. The molecule has 3 nitrogen and oxygen atoms in total. The molecule has 0 saturated carbocycles. The first-order valence-corrected chi connectivity index (χ1v) is 4.14. The molecule has 1 aliphatic rings. The van der Waals surface area contributed by atoms with Crippen molar-refractivity contribution < 1.29 is 9.53 Å². The van der Waals surface area contributed by atoms with Crippen molar-refractivity contribution >= 4 is 17.7 Å². The highest BCUT2D eigenvalue weighted by Crippen LogP contribution is 2.18. The van der Waals surface area contributed by atoms with Gasteiger partial charge in [-0.05, 0) is 6.42 Å². The van der Waals surface area contributed by atoms with Gasteiger partial charge in [0, 0.05) is 7.05 Å². The van der Waals surface area contributed by atoms with Gasteiger partial charge in [0.15, 0.2) is 0 Å². The number of ether oxygens (including phenoxy) is 1. The van der Waals surface area contributed by atoms with Crippen molar-refractivity contribution in [1.82, 2.24) is 4.90 Å². The fourth-order valence-electron chi connectivity index (χ4n) is 1.12. The van der Waals surface area contributed by atoms with Gasteiger partial charge < -0.3 is 9.64 Å². The monoisotopic (exact) mass is 177 g/mol. The van der Waals surface area contributed by atoms with Gasteiger partial charge in [-0.1, -0.05) is 6.92 Å². The lowest BCUT2D eigenvalue weighted by Gasteiger charge is -2.19. The topological polar surface area (TPSA) is 29.5 Å². The summed E-state index contributed by atoms with van der Waals surface area (Å²) in [5, 5.41) is 0.00597. The molecule has 0 radical (unpaired) electrons. The summed E-state index contributed by atoms with van der Waals surface area (Å²) in [6, 6.07) is 0.0502. The van der Waals surface area contributed by atoms with Crippen LogP contribution < -0.4 is 0 Å². The zero-order chi connectivity index (χ0) is 8.43. The van der Waals surface area contributed by atoms with E-state index in [1.165, 1.54) is 0 Å². The largest absolute Gasteiger partial charge is 0.447 e. The number of carbonyl (C=O) groups is 1. The maximum Gasteiger partial charge on any atom is 0.409 e. The number of cyclic esters (lactones) is 1. The fourth-order valence-corrected chi connectivity index (χ4v) is 1.37. The average molecular weight is 178 g/mol. The van der Waals surface area contributed by atoms with Gasteiger partial charge >= 0.3 is 6.09 Å². The lowest BCUT2D eigenvalue weighted by Crippen LogP contribution is -2.36. The van der Waals surface area contributed by atoms with E-state index < -0.39 is 0 Å². The number of halogens is 1. The Bertz CT molecular complexity index is 163. The van der Waals surface area contributed by atoms with E-state index in [-0.39, 0.29) is 17.5 Å². The van der Waals surface area contributed by atoms with Crippen molar-refractivity contribution in [3.05, 3.63) is 0 Å². The summed E-state index contributed by atoms with van der Waals surface area (Å²) >= 11 is 5.96. The molecule has 1 aliphatic heterocycles. The summed E-state index contributed by atoms with van der Waals surface area (Å²) in [5.41, 5.74) is 0. The van der Waals surface area contributed by atoms with Crippen LogP contribution in [0.1, 0.15) is 13.3 Å². The van der Waals surface area contributed by atoms with Crippen molar-refractivity contribution in [3.63, 3.8) is 0 Å². The van der Waals surface area contributed by atoms with Crippen LogP contribution in [0.3, 0.4) is 0 Å². The van der Waals surface area contributed by atoms with E-state index in [4.69, 9.17) is 16.3 Å².